The number of carbonyl (C=O) groups is 1. The standard InChI is InChI=1S/C22H15ClF2N4O/c1-28-10-15-14(3-2-4-19(15)27-28)13-7-17(24)16(18(25)8-13)11-29-9-12-5-6-20(23)26-21(12)22(29)30/h2-8,10H,9,11H2,1H3. The van der Waals surface area contributed by atoms with E-state index in [0.717, 1.165) is 10.9 Å². The maximum atomic E-state index is 14.9. The topological polar surface area (TPSA) is 51.0 Å². The van der Waals surface area contributed by atoms with E-state index in [1.807, 2.05) is 12.3 Å². The number of hydrogen-bond acceptors (Lipinski definition) is 3. The van der Waals surface area contributed by atoms with Crippen LogP contribution in [0.15, 0.2) is 48.7 Å². The molecule has 5 rings (SSSR count). The van der Waals surface area contributed by atoms with E-state index in [9.17, 15) is 13.6 Å². The zero-order valence-electron chi connectivity index (χ0n) is 15.9. The highest BCUT2D eigenvalue weighted by molar-refractivity contribution is 6.29. The predicted molar refractivity (Wildman–Crippen MR) is 109 cm³/mol. The van der Waals surface area contributed by atoms with Crippen molar-refractivity contribution in [2.24, 2.45) is 7.05 Å². The summed E-state index contributed by atoms with van der Waals surface area (Å²) < 4.78 is 31.5. The summed E-state index contributed by atoms with van der Waals surface area (Å²) in [6.45, 7) is 0.0375. The summed E-state index contributed by atoms with van der Waals surface area (Å²) in [6, 6.07) is 11.3. The molecule has 0 saturated carbocycles. The molecule has 0 N–H and O–H groups in total. The molecule has 0 unspecified atom stereocenters. The Morgan fingerprint density at radius 3 is 2.67 bits per heavy atom. The van der Waals surface area contributed by atoms with Crippen LogP contribution in [-0.4, -0.2) is 25.6 Å². The molecule has 0 atom stereocenters. The van der Waals surface area contributed by atoms with E-state index in [1.54, 1.807) is 36.0 Å². The van der Waals surface area contributed by atoms with Gasteiger partial charge in [-0.3, -0.25) is 9.48 Å². The molecule has 1 amide bonds. The molecule has 0 bridgehead atoms. The molecular weight excluding hydrogens is 410 g/mol. The Labute approximate surface area is 175 Å². The van der Waals surface area contributed by atoms with Gasteiger partial charge in [-0.15, -0.1) is 0 Å². The van der Waals surface area contributed by atoms with E-state index in [1.165, 1.54) is 17.0 Å². The van der Waals surface area contributed by atoms with Gasteiger partial charge < -0.3 is 4.90 Å². The second-order valence-electron chi connectivity index (χ2n) is 7.26. The molecule has 0 radical (unpaired) electrons. The summed E-state index contributed by atoms with van der Waals surface area (Å²) in [6.07, 6.45) is 1.81. The number of nitrogens with zero attached hydrogens (tertiary/aromatic N) is 4. The third-order valence-corrected chi connectivity index (χ3v) is 5.47. The average Bonchev–Trinajstić information content (AvgIpc) is 3.23. The maximum Gasteiger partial charge on any atom is 0.273 e. The highest BCUT2D eigenvalue weighted by atomic mass is 35.5. The first kappa shape index (κ1) is 18.7. The first-order valence-corrected chi connectivity index (χ1v) is 9.64. The fraction of sp³-hybridized carbons (Fsp3) is 0.136. The van der Waals surface area contributed by atoms with Gasteiger partial charge in [0.2, 0.25) is 0 Å². The van der Waals surface area contributed by atoms with Crippen molar-refractivity contribution in [1.82, 2.24) is 19.7 Å². The molecule has 0 fully saturated rings. The Morgan fingerprint density at radius 2 is 1.90 bits per heavy atom. The van der Waals surface area contributed by atoms with Gasteiger partial charge in [-0.2, -0.15) is 5.10 Å². The predicted octanol–water partition coefficient (Wildman–Crippen LogP) is 4.72. The quantitative estimate of drug-likeness (QED) is 0.447. The van der Waals surface area contributed by atoms with Crippen molar-refractivity contribution in [2.75, 3.05) is 0 Å². The molecule has 2 aromatic heterocycles. The average molecular weight is 425 g/mol. The van der Waals surface area contributed by atoms with Crippen molar-refractivity contribution >= 4 is 28.4 Å². The van der Waals surface area contributed by atoms with Crippen LogP contribution in [0.3, 0.4) is 0 Å². The second kappa shape index (κ2) is 6.88. The van der Waals surface area contributed by atoms with Crippen molar-refractivity contribution in [3.8, 4) is 11.1 Å². The number of amides is 1. The van der Waals surface area contributed by atoms with Crippen LogP contribution in [0, 0.1) is 11.6 Å². The van der Waals surface area contributed by atoms with Crippen LogP contribution in [0.2, 0.25) is 5.15 Å². The number of aromatic nitrogens is 3. The monoisotopic (exact) mass is 424 g/mol. The Morgan fingerprint density at radius 1 is 1.13 bits per heavy atom. The highest BCUT2D eigenvalue weighted by Gasteiger charge is 2.30. The summed E-state index contributed by atoms with van der Waals surface area (Å²) in [5.74, 6) is -1.81. The molecule has 30 heavy (non-hydrogen) atoms. The lowest BCUT2D eigenvalue weighted by atomic mass is 9.99. The number of pyridine rings is 1. The first-order valence-electron chi connectivity index (χ1n) is 9.26. The van der Waals surface area contributed by atoms with E-state index in [0.29, 0.717) is 16.7 Å². The highest BCUT2D eigenvalue weighted by Crippen LogP contribution is 2.32. The number of halogens is 3. The summed E-state index contributed by atoms with van der Waals surface area (Å²) in [7, 11) is 1.79. The molecule has 0 spiro atoms. The van der Waals surface area contributed by atoms with Gasteiger partial charge in [0.05, 0.1) is 12.1 Å². The third-order valence-electron chi connectivity index (χ3n) is 5.26. The summed E-state index contributed by atoms with van der Waals surface area (Å²) in [4.78, 5) is 18.0. The first-order chi connectivity index (χ1) is 14.4. The van der Waals surface area contributed by atoms with Crippen molar-refractivity contribution in [3.63, 3.8) is 0 Å². The summed E-state index contributed by atoms with van der Waals surface area (Å²) in [5, 5.41) is 5.34. The minimum absolute atomic E-state index is 0.163. The van der Waals surface area contributed by atoms with Crippen LogP contribution >= 0.6 is 11.6 Å². The number of rotatable bonds is 3. The number of fused-ring (bicyclic) bond motifs is 2. The zero-order chi connectivity index (χ0) is 21.0. The van der Waals surface area contributed by atoms with Gasteiger partial charge >= 0.3 is 0 Å². The molecule has 5 nitrogen and oxygen atoms in total. The van der Waals surface area contributed by atoms with Crippen LogP contribution in [0.1, 0.15) is 21.6 Å². The van der Waals surface area contributed by atoms with Crippen molar-refractivity contribution < 1.29 is 13.6 Å². The molecule has 1 aliphatic heterocycles. The zero-order valence-corrected chi connectivity index (χ0v) is 16.6. The van der Waals surface area contributed by atoms with Gasteiger partial charge in [-0.25, -0.2) is 13.8 Å². The molecule has 8 heteroatoms. The molecule has 2 aromatic carbocycles. The van der Waals surface area contributed by atoms with Gasteiger partial charge in [0, 0.05) is 36.3 Å². The van der Waals surface area contributed by atoms with E-state index in [4.69, 9.17) is 11.6 Å². The molecular formula is C22H15ClF2N4O. The van der Waals surface area contributed by atoms with Crippen LogP contribution in [0.4, 0.5) is 8.78 Å². The Hall–Kier alpha value is -3.32. The fourth-order valence-electron chi connectivity index (χ4n) is 3.85. The van der Waals surface area contributed by atoms with E-state index in [2.05, 4.69) is 10.1 Å². The summed E-state index contributed by atoms with van der Waals surface area (Å²) >= 11 is 5.86. The number of benzene rings is 2. The molecule has 1 aliphatic rings. The van der Waals surface area contributed by atoms with Crippen molar-refractivity contribution in [1.29, 1.82) is 0 Å². The van der Waals surface area contributed by atoms with Gasteiger partial charge in [-0.1, -0.05) is 29.8 Å². The van der Waals surface area contributed by atoms with Gasteiger partial charge in [0.25, 0.3) is 5.91 Å². The molecule has 150 valence electrons. The van der Waals surface area contributed by atoms with Crippen molar-refractivity contribution in [3.05, 3.63) is 82.3 Å². The van der Waals surface area contributed by atoms with Gasteiger partial charge in [0.15, 0.2) is 0 Å². The largest absolute Gasteiger partial charge is 0.328 e. The Kier molecular flexibility index (Phi) is 4.29. The number of carbonyl (C=O) groups excluding carboxylic acids is 1. The lowest BCUT2D eigenvalue weighted by Crippen LogP contribution is -2.25. The Bertz CT molecular complexity index is 1310. The normalized spacial score (nSPS) is 13.3. The minimum atomic E-state index is -0.708. The minimum Gasteiger partial charge on any atom is -0.328 e. The molecule has 3 heterocycles. The molecule has 4 aromatic rings. The molecule has 0 aliphatic carbocycles. The second-order valence-corrected chi connectivity index (χ2v) is 7.65. The van der Waals surface area contributed by atoms with Gasteiger partial charge in [-0.05, 0) is 35.4 Å². The van der Waals surface area contributed by atoms with E-state index in [-0.39, 0.29) is 29.5 Å². The van der Waals surface area contributed by atoms with Crippen LogP contribution < -0.4 is 0 Å². The maximum absolute atomic E-state index is 14.9. The van der Waals surface area contributed by atoms with Crippen LogP contribution in [0.25, 0.3) is 22.0 Å². The van der Waals surface area contributed by atoms with Gasteiger partial charge in [0.1, 0.15) is 22.5 Å². The lowest BCUT2D eigenvalue weighted by Gasteiger charge is -2.17. The number of aryl methyl sites for hydroxylation is 1. The molecule has 0 saturated heterocycles. The number of hydrogen-bond donors (Lipinski definition) is 0. The van der Waals surface area contributed by atoms with Crippen molar-refractivity contribution in [2.45, 2.75) is 13.1 Å². The smallest absolute Gasteiger partial charge is 0.273 e. The van der Waals surface area contributed by atoms with Crippen LogP contribution in [-0.2, 0) is 20.1 Å². The summed E-state index contributed by atoms with van der Waals surface area (Å²) in [5.41, 5.74) is 2.59. The Balaban J connectivity index is 1.49. The lowest BCUT2D eigenvalue weighted by molar-refractivity contribution is 0.0759. The SMILES string of the molecule is Cn1cc2c(-c3cc(F)c(CN4Cc5ccc(Cl)nc5C4=O)c(F)c3)cccc2n1. The van der Waals surface area contributed by atoms with E-state index >= 15 is 0 Å². The third kappa shape index (κ3) is 3.02. The van der Waals surface area contributed by atoms with E-state index < -0.39 is 17.5 Å². The fourth-order valence-corrected chi connectivity index (χ4v) is 3.99. The van der Waals surface area contributed by atoms with Crippen LogP contribution in [0.5, 0.6) is 0 Å².